The van der Waals surface area contributed by atoms with E-state index in [1.54, 1.807) is 0 Å². The van der Waals surface area contributed by atoms with E-state index in [0.29, 0.717) is 25.4 Å². The zero-order chi connectivity index (χ0) is 18.5. The number of hydrogen-bond acceptors (Lipinski definition) is 4. The fraction of sp³-hybridized carbons (Fsp3) is 0.190. The second kappa shape index (κ2) is 7.86. The van der Waals surface area contributed by atoms with Crippen molar-refractivity contribution in [1.82, 2.24) is 10.6 Å². The van der Waals surface area contributed by atoms with Crippen LogP contribution in [0.5, 0.6) is 17.2 Å². The molecule has 0 fully saturated rings. The highest BCUT2D eigenvalue weighted by Gasteiger charge is 2.13. The monoisotopic (exact) mass is 364 g/mol. The molecule has 2 N–H and O–H groups in total. The van der Waals surface area contributed by atoms with Gasteiger partial charge < -0.3 is 24.8 Å². The second-order valence-corrected chi connectivity index (χ2v) is 6.12. The van der Waals surface area contributed by atoms with Crippen LogP contribution in [-0.4, -0.2) is 26.0 Å². The van der Waals surface area contributed by atoms with Crippen LogP contribution in [-0.2, 0) is 6.54 Å². The molecule has 0 atom stereocenters. The summed E-state index contributed by atoms with van der Waals surface area (Å²) in [5.41, 5.74) is 0.946. The van der Waals surface area contributed by atoms with E-state index in [1.165, 1.54) is 0 Å². The molecular formula is C21H20N2O4. The maximum atomic E-state index is 11.9. The lowest BCUT2D eigenvalue weighted by Gasteiger charge is -2.11. The zero-order valence-corrected chi connectivity index (χ0v) is 14.7. The predicted octanol–water partition coefficient (Wildman–Crippen LogP) is 3.45. The number of hydrogen-bond donors (Lipinski definition) is 2. The number of ether oxygens (including phenoxy) is 3. The van der Waals surface area contributed by atoms with Gasteiger partial charge in [0.1, 0.15) is 12.4 Å². The largest absolute Gasteiger partial charge is 0.491 e. The summed E-state index contributed by atoms with van der Waals surface area (Å²) < 4.78 is 16.4. The first-order valence-corrected chi connectivity index (χ1v) is 8.80. The molecule has 3 aromatic carbocycles. The molecule has 3 aromatic rings. The Kier molecular flexibility index (Phi) is 4.96. The number of amides is 2. The highest BCUT2D eigenvalue weighted by molar-refractivity contribution is 5.88. The van der Waals surface area contributed by atoms with Gasteiger partial charge in [-0.15, -0.1) is 0 Å². The smallest absolute Gasteiger partial charge is 0.315 e. The van der Waals surface area contributed by atoms with E-state index in [-0.39, 0.29) is 12.8 Å². The molecule has 1 aliphatic rings. The summed E-state index contributed by atoms with van der Waals surface area (Å²) in [6.07, 6.45) is 0. The fourth-order valence-corrected chi connectivity index (χ4v) is 2.94. The Bertz CT molecular complexity index is 953. The van der Waals surface area contributed by atoms with Crippen LogP contribution in [0.2, 0.25) is 0 Å². The minimum Gasteiger partial charge on any atom is -0.491 e. The van der Waals surface area contributed by atoms with E-state index in [4.69, 9.17) is 14.2 Å². The van der Waals surface area contributed by atoms with E-state index >= 15 is 0 Å². The molecule has 1 aliphatic heterocycles. The minimum absolute atomic E-state index is 0.239. The molecule has 0 unspecified atom stereocenters. The number of urea groups is 1. The van der Waals surface area contributed by atoms with Crippen LogP contribution < -0.4 is 24.8 Å². The average Bonchev–Trinajstić information content (AvgIpc) is 3.17. The molecule has 0 bridgehead atoms. The molecule has 0 radical (unpaired) electrons. The van der Waals surface area contributed by atoms with Crippen LogP contribution in [0.3, 0.4) is 0 Å². The normalized spacial score (nSPS) is 12.0. The summed E-state index contributed by atoms with van der Waals surface area (Å²) in [4.78, 5) is 11.9. The van der Waals surface area contributed by atoms with Gasteiger partial charge in [0.25, 0.3) is 0 Å². The predicted molar refractivity (Wildman–Crippen MR) is 102 cm³/mol. The molecule has 6 nitrogen and oxygen atoms in total. The molecule has 0 aromatic heterocycles. The number of carbonyl (C=O) groups excluding carboxylic acids is 1. The van der Waals surface area contributed by atoms with Gasteiger partial charge in [-0.3, -0.25) is 0 Å². The van der Waals surface area contributed by atoms with Gasteiger partial charge >= 0.3 is 6.03 Å². The summed E-state index contributed by atoms with van der Waals surface area (Å²) in [5, 5.41) is 7.80. The van der Waals surface area contributed by atoms with Crippen LogP contribution >= 0.6 is 0 Å². The molecule has 4 rings (SSSR count). The van der Waals surface area contributed by atoms with Gasteiger partial charge in [0.2, 0.25) is 6.79 Å². The SMILES string of the molecule is O=C(NCCOc1cccc2ccccc12)NCc1ccc2c(c1)OCO2. The molecule has 0 spiro atoms. The lowest BCUT2D eigenvalue weighted by molar-refractivity contribution is 0.174. The quantitative estimate of drug-likeness (QED) is 0.658. The number of fused-ring (bicyclic) bond motifs is 2. The van der Waals surface area contributed by atoms with Gasteiger partial charge in [-0.1, -0.05) is 42.5 Å². The van der Waals surface area contributed by atoms with Gasteiger partial charge in [-0.05, 0) is 29.1 Å². The van der Waals surface area contributed by atoms with Crippen LogP contribution in [0, 0.1) is 0 Å². The standard InChI is InChI=1S/C21H20N2O4/c24-21(23-13-15-8-9-19-20(12-15)27-14-26-19)22-10-11-25-18-7-3-5-16-4-1-2-6-17(16)18/h1-9,12H,10-11,13-14H2,(H2,22,23,24). The van der Waals surface area contributed by atoms with Crippen molar-refractivity contribution in [3.05, 3.63) is 66.2 Å². The van der Waals surface area contributed by atoms with Gasteiger partial charge in [0, 0.05) is 11.9 Å². The Hall–Kier alpha value is -3.41. The van der Waals surface area contributed by atoms with Crippen molar-refractivity contribution < 1.29 is 19.0 Å². The molecule has 2 amide bonds. The van der Waals surface area contributed by atoms with Crippen molar-refractivity contribution in [1.29, 1.82) is 0 Å². The maximum absolute atomic E-state index is 11.9. The Morgan fingerprint density at radius 2 is 1.81 bits per heavy atom. The third-order valence-corrected chi connectivity index (χ3v) is 4.28. The zero-order valence-electron chi connectivity index (χ0n) is 14.7. The molecule has 138 valence electrons. The van der Waals surface area contributed by atoms with Crippen molar-refractivity contribution >= 4 is 16.8 Å². The fourth-order valence-electron chi connectivity index (χ4n) is 2.94. The van der Waals surface area contributed by atoms with Crippen LogP contribution in [0.15, 0.2) is 60.7 Å². The third kappa shape index (κ3) is 4.06. The summed E-state index contributed by atoms with van der Waals surface area (Å²) in [6, 6.07) is 19.4. The summed E-state index contributed by atoms with van der Waals surface area (Å²) in [7, 11) is 0. The molecule has 6 heteroatoms. The van der Waals surface area contributed by atoms with Crippen molar-refractivity contribution in [3.63, 3.8) is 0 Å². The van der Waals surface area contributed by atoms with E-state index in [2.05, 4.69) is 10.6 Å². The van der Waals surface area contributed by atoms with Gasteiger partial charge in [0.15, 0.2) is 11.5 Å². The highest BCUT2D eigenvalue weighted by atomic mass is 16.7. The van der Waals surface area contributed by atoms with Gasteiger partial charge in [-0.25, -0.2) is 4.79 Å². The second-order valence-electron chi connectivity index (χ2n) is 6.12. The first kappa shape index (κ1) is 17.0. The first-order valence-electron chi connectivity index (χ1n) is 8.80. The molecular weight excluding hydrogens is 344 g/mol. The topological polar surface area (TPSA) is 68.8 Å². The van der Waals surface area contributed by atoms with Crippen molar-refractivity contribution in [2.75, 3.05) is 19.9 Å². The van der Waals surface area contributed by atoms with E-state index < -0.39 is 0 Å². The molecule has 0 saturated heterocycles. The molecule has 0 aliphatic carbocycles. The highest BCUT2D eigenvalue weighted by Crippen LogP contribution is 2.32. The van der Waals surface area contributed by atoms with Crippen LogP contribution in [0.25, 0.3) is 10.8 Å². The van der Waals surface area contributed by atoms with Crippen molar-refractivity contribution in [2.45, 2.75) is 6.54 Å². The van der Waals surface area contributed by atoms with E-state index in [0.717, 1.165) is 27.8 Å². The Labute approximate surface area is 157 Å². The van der Waals surface area contributed by atoms with Crippen LogP contribution in [0.1, 0.15) is 5.56 Å². The number of nitrogens with one attached hydrogen (secondary N) is 2. The summed E-state index contributed by atoms with van der Waals surface area (Å²) >= 11 is 0. The number of carbonyl (C=O) groups is 1. The average molecular weight is 364 g/mol. The lowest BCUT2D eigenvalue weighted by atomic mass is 10.1. The van der Waals surface area contributed by atoms with E-state index in [9.17, 15) is 4.79 Å². The lowest BCUT2D eigenvalue weighted by Crippen LogP contribution is -2.37. The van der Waals surface area contributed by atoms with Crippen molar-refractivity contribution in [3.8, 4) is 17.2 Å². The van der Waals surface area contributed by atoms with Gasteiger partial charge in [0.05, 0.1) is 6.54 Å². The molecule has 0 saturated carbocycles. The Morgan fingerprint density at radius 3 is 2.78 bits per heavy atom. The molecule has 1 heterocycles. The first-order chi connectivity index (χ1) is 13.3. The summed E-state index contributed by atoms with van der Waals surface area (Å²) in [5.74, 6) is 2.25. The number of benzene rings is 3. The maximum Gasteiger partial charge on any atom is 0.315 e. The number of rotatable bonds is 6. The van der Waals surface area contributed by atoms with Crippen LogP contribution in [0.4, 0.5) is 4.79 Å². The minimum atomic E-state index is -0.241. The van der Waals surface area contributed by atoms with Crippen molar-refractivity contribution in [2.24, 2.45) is 0 Å². The van der Waals surface area contributed by atoms with E-state index in [1.807, 2.05) is 60.7 Å². The van der Waals surface area contributed by atoms with Gasteiger partial charge in [-0.2, -0.15) is 0 Å². The Morgan fingerprint density at radius 1 is 0.963 bits per heavy atom. The Balaban J connectivity index is 1.22. The molecule has 27 heavy (non-hydrogen) atoms. The summed E-state index contributed by atoms with van der Waals surface area (Å²) in [6.45, 7) is 1.46. The third-order valence-electron chi connectivity index (χ3n) is 4.28.